The summed E-state index contributed by atoms with van der Waals surface area (Å²) < 4.78 is 79.0. The number of hydrogen-bond acceptors (Lipinski definition) is 1. The first-order chi connectivity index (χ1) is 33.1. The fourth-order valence-corrected chi connectivity index (χ4v) is 13.4. The fraction of sp³-hybridized carbons (Fsp3) is 0.0185. The first-order valence-electron chi connectivity index (χ1n) is 20.3. The van der Waals surface area contributed by atoms with E-state index in [0.717, 1.165) is 37.3 Å². The average molecular weight is 1290 g/mol. The predicted molar refractivity (Wildman–Crippen MR) is 286 cm³/mol. The van der Waals surface area contributed by atoms with Crippen molar-refractivity contribution in [1.82, 2.24) is 4.98 Å². The van der Waals surface area contributed by atoms with Crippen LogP contribution < -0.4 is 47.9 Å². The second kappa shape index (κ2) is 29.5. The number of aryl methyl sites for hydroxylation is 1. The molecule has 0 radical (unpaired) electrons. The molecule has 354 valence electrons. The zero-order valence-electron chi connectivity index (χ0n) is 35.8. The topological polar surface area (TPSA) is 12.9 Å². The van der Waals surface area contributed by atoms with Crippen molar-refractivity contribution in [3.63, 3.8) is 0 Å². The molecule has 0 aliphatic heterocycles. The Labute approximate surface area is 437 Å². The van der Waals surface area contributed by atoms with Crippen molar-refractivity contribution < 1.29 is 51.9 Å². The zero-order chi connectivity index (χ0) is 48.8. The van der Waals surface area contributed by atoms with Gasteiger partial charge in [0.25, 0.3) is 0 Å². The Hall–Kier alpha value is -3.72. The van der Waals surface area contributed by atoms with Gasteiger partial charge in [-0.3, -0.25) is 4.98 Å². The minimum atomic E-state index is -0.983. The van der Waals surface area contributed by atoms with E-state index in [2.05, 4.69) is 104 Å². The van der Waals surface area contributed by atoms with Gasteiger partial charge in [0.1, 0.15) is 34.9 Å². The summed E-state index contributed by atoms with van der Waals surface area (Å²) in [6, 6.07) is 63.0. The van der Waals surface area contributed by atoms with E-state index in [-0.39, 0.29) is 34.9 Å². The summed E-state index contributed by atoms with van der Waals surface area (Å²) in [7, 11) is -2.54. The van der Waals surface area contributed by atoms with Crippen molar-refractivity contribution in [3.8, 4) is 0 Å². The molecule has 1 aromatic heterocycles. The van der Waals surface area contributed by atoms with Crippen LogP contribution in [0.1, 0.15) is 5.56 Å². The molecule has 9 aromatic rings. The SMILES string of the molecule is Cc1ccnc(P(c2ccccc2)c2ccccc2)c1.Fc1ccc(P(c2ccc(F)cc2)c2ccc(F)cc2)cc1.Fc1ccc(P(c2ccc(F)cc2)c2ccc(F)cc2)cc1.[Cu][I].[Cu][I]. The number of pyridine rings is 1. The molecule has 0 spiro atoms. The Morgan fingerprint density at radius 2 is 0.529 bits per heavy atom. The van der Waals surface area contributed by atoms with Gasteiger partial charge in [0.15, 0.2) is 0 Å². The van der Waals surface area contributed by atoms with E-state index in [1.807, 2.05) is 12.3 Å². The standard InChI is InChI=1S/2C18H12F3P.C18H16NP.2Cu.2HI/c2*19-13-1-7-16(8-2-13)22(17-9-3-14(20)4-10-17)18-11-5-15(21)6-12-18;1-15-12-13-19-18(14-15)20(16-8-4-2-5-9-16)17-10-6-3-7-11-17;;;;/h2*1-12H;2-14H,1H3;;;2*1H/q;;;2*+1;;/p-2. The van der Waals surface area contributed by atoms with Gasteiger partial charge in [0.2, 0.25) is 0 Å². The normalized spacial score (nSPS) is 10.4. The summed E-state index contributed by atoms with van der Waals surface area (Å²) in [5.41, 5.74) is 2.42. The van der Waals surface area contributed by atoms with Gasteiger partial charge in [-0.1, -0.05) is 133 Å². The van der Waals surface area contributed by atoms with E-state index >= 15 is 0 Å². The molecule has 68 heavy (non-hydrogen) atoms. The van der Waals surface area contributed by atoms with Crippen molar-refractivity contribution in [2.45, 2.75) is 6.92 Å². The third kappa shape index (κ3) is 16.7. The summed E-state index contributed by atoms with van der Waals surface area (Å²) in [4.78, 5) is 4.62. The Morgan fingerprint density at radius 3 is 0.750 bits per heavy atom. The summed E-state index contributed by atoms with van der Waals surface area (Å²) in [6.45, 7) is 2.12. The van der Waals surface area contributed by atoms with Gasteiger partial charge in [0, 0.05) is 14.1 Å². The molecule has 0 N–H and O–H groups in total. The maximum absolute atomic E-state index is 13.2. The van der Waals surface area contributed by atoms with E-state index in [1.165, 1.54) is 89.0 Å². The number of aromatic nitrogens is 1. The molecule has 1 heterocycles. The molecule has 0 saturated heterocycles. The first-order valence-corrected chi connectivity index (χ1v) is 30.4. The van der Waals surface area contributed by atoms with E-state index < -0.39 is 23.8 Å². The van der Waals surface area contributed by atoms with Crippen LogP contribution in [0.5, 0.6) is 0 Å². The van der Waals surface area contributed by atoms with Crippen LogP contribution in [0.25, 0.3) is 0 Å². The number of benzene rings is 8. The van der Waals surface area contributed by atoms with E-state index in [9.17, 15) is 26.3 Å². The van der Waals surface area contributed by atoms with Gasteiger partial charge in [-0.05, 0) is 156 Å². The van der Waals surface area contributed by atoms with Crippen LogP contribution in [-0.4, -0.2) is 4.98 Å². The molecule has 1 nitrogen and oxygen atoms in total. The number of nitrogens with zero attached hydrogens (tertiary/aromatic N) is 1. The van der Waals surface area contributed by atoms with Gasteiger partial charge in [0.05, 0.1) is 5.44 Å². The van der Waals surface area contributed by atoms with Crippen molar-refractivity contribution >= 4 is 112 Å². The Balaban J connectivity index is 0.000000184. The van der Waals surface area contributed by atoms with Gasteiger partial charge in [-0.2, -0.15) is 0 Å². The Morgan fingerprint density at radius 1 is 0.309 bits per heavy atom. The number of halogens is 8. The summed E-state index contributed by atoms with van der Waals surface area (Å²) in [5.74, 6) is -1.85. The van der Waals surface area contributed by atoms with Gasteiger partial charge >= 0.3 is 66.2 Å². The monoisotopic (exact) mass is 1290 g/mol. The average Bonchev–Trinajstić information content (AvgIpc) is 3.38. The van der Waals surface area contributed by atoms with E-state index in [4.69, 9.17) is 0 Å². The second-order valence-electron chi connectivity index (χ2n) is 14.2. The molecule has 8 aromatic carbocycles. The van der Waals surface area contributed by atoms with Gasteiger partial charge in [-0.15, -0.1) is 0 Å². The molecular weight excluding hydrogens is 1250 g/mol. The summed E-state index contributed by atoms with van der Waals surface area (Å²) in [5, 5.41) is 8.23. The Kier molecular flexibility index (Phi) is 23.9. The van der Waals surface area contributed by atoms with Crippen LogP contribution in [0.3, 0.4) is 0 Å². The van der Waals surface area contributed by atoms with Crippen molar-refractivity contribution in [3.05, 3.63) is 265 Å². The molecule has 0 aliphatic rings. The summed E-state index contributed by atoms with van der Waals surface area (Å²) in [6.07, 6.45) is 1.91. The van der Waals surface area contributed by atoms with Crippen LogP contribution >= 0.6 is 64.5 Å². The third-order valence-electron chi connectivity index (χ3n) is 9.67. The number of hydrogen-bond donors (Lipinski definition) is 0. The first kappa shape index (κ1) is 55.2. The molecular formula is C54H40Cu2F6I2NP3. The minimum absolute atomic E-state index is 0.308. The third-order valence-corrected chi connectivity index (χ3v) is 16.9. The molecule has 0 atom stereocenters. The van der Waals surface area contributed by atoms with Crippen LogP contribution in [0.4, 0.5) is 26.3 Å². The molecule has 0 bridgehead atoms. The second-order valence-corrected chi connectivity index (χ2v) is 20.8. The molecule has 0 fully saturated rings. The van der Waals surface area contributed by atoms with E-state index in [1.54, 1.807) is 113 Å². The van der Waals surface area contributed by atoms with Crippen molar-refractivity contribution in [2.75, 3.05) is 0 Å². The fourth-order valence-electron chi connectivity index (χ4n) is 6.65. The zero-order valence-corrected chi connectivity index (χ0v) is 44.7. The van der Waals surface area contributed by atoms with Crippen LogP contribution in [-0.2, 0) is 25.5 Å². The maximum atomic E-state index is 13.2. The molecule has 0 unspecified atom stereocenters. The molecule has 0 amide bonds. The molecule has 0 aliphatic carbocycles. The Bertz CT molecular complexity index is 2450. The van der Waals surface area contributed by atoms with Crippen LogP contribution in [0.15, 0.2) is 225 Å². The van der Waals surface area contributed by atoms with Crippen LogP contribution in [0, 0.1) is 41.8 Å². The molecule has 9 rings (SSSR count). The van der Waals surface area contributed by atoms with Crippen molar-refractivity contribution in [2.24, 2.45) is 0 Å². The number of rotatable bonds is 9. The molecule has 14 heteroatoms. The van der Waals surface area contributed by atoms with Crippen molar-refractivity contribution in [1.29, 1.82) is 0 Å². The summed E-state index contributed by atoms with van der Waals surface area (Å²) >= 11 is 11.7. The predicted octanol–water partition coefficient (Wildman–Crippen LogP) is 12.6. The van der Waals surface area contributed by atoms with Gasteiger partial charge in [-0.25, -0.2) is 26.3 Å². The van der Waals surface area contributed by atoms with Crippen LogP contribution in [0.2, 0.25) is 0 Å². The van der Waals surface area contributed by atoms with Gasteiger partial charge < -0.3 is 0 Å². The van der Waals surface area contributed by atoms with E-state index in [0.29, 0.717) is 0 Å². The molecule has 0 saturated carbocycles. The quantitative estimate of drug-likeness (QED) is 0.0607.